The summed E-state index contributed by atoms with van der Waals surface area (Å²) in [6, 6.07) is 16.5. The minimum absolute atomic E-state index is 0.116. The van der Waals surface area contributed by atoms with Crippen LogP contribution < -0.4 is 10.1 Å². The maximum Gasteiger partial charge on any atom is 0.221 e. The molecule has 2 aromatic carbocycles. The topological polar surface area (TPSA) is 62.1 Å². The highest BCUT2D eigenvalue weighted by Gasteiger charge is 2.00. The third kappa shape index (κ3) is 3.85. The number of amides is 1. The van der Waals surface area contributed by atoms with Gasteiger partial charge in [-0.15, -0.1) is 0 Å². The summed E-state index contributed by atoms with van der Waals surface area (Å²) in [5.74, 6) is 0.565. The zero-order valence-corrected chi connectivity index (χ0v) is 11.1. The zero-order valence-electron chi connectivity index (χ0n) is 11.1. The third-order valence-electron chi connectivity index (χ3n) is 2.64. The molecule has 0 bridgehead atoms. The SMILES string of the molecule is CC(=O)Nc1cccc(OCc2ccc(C#N)cc2)c1. The number of carbonyl (C=O) groups excluding carboxylic acids is 1. The first kappa shape index (κ1) is 13.6. The van der Waals surface area contributed by atoms with Gasteiger partial charge in [-0.25, -0.2) is 0 Å². The van der Waals surface area contributed by atoms with E-state index in [0.29, 0.717) is 23.6 Å². The van der Waals surface area contributed by atoms with E-state index in [2.05, 4.69) is 11.4 Å². The van der Waals surface area contributed by atoms with E-state index in [4.69, 9.17) is 10.00 Å². The summed E-state index contributed by atoms with van der Waals surface area (Å²) in [6.07, 6.45) is 0. The minimum atomic E-state index is -0.116. The summed E-state index contributed by atoms with van der Waals surface area (Å²) in [5.41, 5.74) is 2.31. The number of nitriles is 1. The number of nitrogens with one attached hydrogen (secondary N) is 1. The van der Waals surface area contributed by atoms with Crippen LogP contribution in [0.4, 0.5) is 5.69 Å². The van der Waals surface area contributed by atoms with Gasteiger partial charge in [0.15, 0.2) is 0 Å². The van der Waals surface area contributed by atoms with Gasteiger partial charge in [0, 0.05) is 18.7 Å². The number of rotatable bonds is 4. The molecule has 0 saturated carbocycles. The Bertz CT molecular complexity index is 642. The van der Waals surface area contributed by atoms with Crippen LogP contribution in [-0.4, -0.2) is 5.91 Å². The monoisotopic (exact) mass is 266 g/mol. The van der Waals surface area contributed by atoms with Crippen LogP contribution in [0.2, 0.25) is 0 Å². The van der Waals surface area contributed by atoms with Crippen molar-refractivity contribution in [3.8, 4) is 11.8 Å². The van der Waals surface area contributed by atoms with Crippen molar-refractivity contribution in [2.75, 3.05) is 5.32 Å². The molecule has 1 amide bonds. The van der Waals surface area contributed by atoms with E-state index in [9.17, 15) is 4.79 Å². The summed E-state index contributed by atoms with van der Waals surface area (Å²) < 4.78 is 5.65. The highest BCUT2D eigenvalue weighted by molar-refractivity contribution is 5.88. The molecule has 0 atom stereocenters. The lowest BCUT2D eigenvalue weighted by molar-refractivity contribution is -0.114. The van der Waals surface area contributed by atoms with Crippen molar-refractivity contribution in [3.05, 3.63) is 59.7 Å². The largest absolute Gasteiger partial charge is 0.489 e. The smallest absolute Gasteiger partial charge is 0.221 e. The molecule has 0 aliphatic heterocycles. The Labute approximate surface area is 117 Å². The van der Waals surface area contributed by atoms with Crippen LogP contribution in [0.15, 0.2) is 48.5 Å². The molecular weight excluding hydrogens is 252 g/mol. The molecule has 0 heterocycles. The maximum absolute atomic E-state index is 11.0. The summed E-state index contributed by atoms with van der Waals surface area (Å²) in [5, 5.41) is 11.4. The fourth-order valence-corrected chi connectivity index (χ4v) is 1.71. The lowest BCUT2D eigenvalue weighted by Gasteiger charge is -2.08. The maximum atomic E-state index is 11.0. The Morgan fingerprint density at radius 3 is 2.65 bits per heavy atom. The summed E-state index contributed by atoms with van der Waals surface area (Å²) >= 11 is 0. The van der Waals surface area contributed by atoms with Gasteiger partial charge in [-0.2, -0.15) is 5.26 Å². The molecule has 20 heavy (non-hydrogen) atoms. The van der Waals surface area contributed by atoms with Gasteiger partial charge in [-0.05, 0) is 29.8 Å². The molecule has 0 unspecified atom stereocenters. The van der Waals surface area contributed by atoms with Gasteiger partial charge in [-0.1, -0.05) is 18.2 Å². The van der Waals surface area contributed by atoms with Gasteiger partial charge in [0.2, 0.25) is 5.91 Å². The quantitative estimate of drug-likeness (QED) is 0.924. The first-order valence-corrected chi connectivity index (χ1v) is 6.17. The van der Waals surface area contributed by atoms with Gasteiger partial charge in [0.1, 0.15) is 12.4 Å². The normalized spacial score (nSPS) is 9.60. The minimum Gasteiger partial charge on any atom is -0.489 e. The van der Waals surface area contributed by atoms with Crippen LogP contribution in [0.5, 0.6) is 5.75 Å². The third-order valence-corrected chi connectivity index (χ3v) is 2.64. The van der Waals surface area contributed by atoms with Crippen molar-refractivity contribution < 1.29 is 9.53 Å². The summed E-state index contributed by atoms with van der Waals surface area (Å²) in [4.78, 5) is 11.0. The van der Waals surface area contributed by atoms with Gasteiger partial charge in [0.05, 0.1) is 11.6 Å². The Balaban J connectivity index is 1.99. The second-order valence-corrected chi connectivity index (χ2v) is 4.31. The lowest BCUT2D eigenvalue weighted by atomic mass is 10.1. The average molecular weight is 266 g/mol. The molecule has 1 N–H and O–H groups in total. The highest BCUT2D eigenvalue weighted by atomic mass is 16.5. The van der Waals surface area contributed by atoms with E-state index >= 15 is 0 Å². The Morgan fingerprint density at radius 2 is 2.00 bits per heavy atom. The van der Waals surface area contributed by atoms with Crippen molar-refractivity contribution in [1.29, 1.82) is 5.26 Å². The number of anilines is 1. The van der Waals surface area contributed by atoms with Crippen LogP contribution in [-0.2, 0) is 11.4 Å². The zero-order chi connectivity index (χ0) is 14.4. The number of nitrogens with zero attached hydrogens (tertiary/aromatic N) is 1. The number of hydrogen-bond acceptors (Lipinski definition) is 3. The van der Waals surface area contributed by atoms with Crippen molar-refractivity contribution in [1.82, 2.24) is 0 Å². The first-order valence-electron chi connectivity index (χ1n) is 6.17. The molecule has 100 valence electrons. The number of hydrogen-bond donors (Lipinski definition) is 1. The fraction of sp³-hybridized carbons (Fsp3) is 0.125. The van der Waals surface area contributed by atoms with Crippen molar-refractivity contribution in [2.45, 2.75) is 13.5 Å². The van der Waals surface area contributed by atoms with Crippen LogP contribution in [0.25, 0.3) is 0 Å². The molecule has 0 aliphatic carbocycles. The molecule has 0 spiro atoms. The van der Waals surface area contributed by atoms with Crippen LogP contribution in [0, 0.1) is 11.3 Å². The fourth-order valence-electron chi connectivity index (χ4n) is 1.71. The summed E-state index contributed by atoms with van der Waals surface area (Å²) in [6.45, 7) is 1.87. The average Bonchev–Trinajstić information content (AvgIpc) is 2.45. The van der Waals surface area contributed by atoms with E-state index in [-0.39, 0.29) is 5.91 Å². The first-order chi connectivity index (χ1) is 9.67. The van der Waals surface area contributed by atoms with Gasteiger partial charge in [0.25, 0.3) is 0 Å². The Morgan fingerprint density at radius 1 is 1.25 bits per heavy atom. The molecule has 2 aromatic rings. The molecule has 0 aromatic heterocycles. The molecule has 4 nitrogen and oxygen atoms in total. The molecular formula is C16H14N2O2. The highest BCUT2D eigenvalue weighted by Crippen LogP contribution is 2.18. The lowest BCUT2D eigenvalue weighted by Crippen LogP contribution is -2.05. The molecule has 0 radical (unpaired) electrons. The van der Waals surface area contributed by atoms with Gasteiger partial charge < -0.3 is 10.1 Å². The van der Waals surface area contributed by atoms with Crippen molar-refractivity contribution in [3.63, 3.8) is 0 Å². The Kier molecular flexibility index (Phi) is 4.35. The van der Waals surface area contributed by atoms with E-state index < -0.39 is 0 Å². The number of ether oxygens (including phenoxy) is 1. The second-order valence-electron chi connectivity index (χ2n) is 4.31. The van der Waals surface area contributed by atoms with Crippen molar-refractivity contribution in [2.24, 2.45) is 0 Å². The van der Waals surface area contributed by atoms with Gasteiger partial charge in [-0.3, -0.25) is 4.79 Å². The van der Waals surface area contributed by atoms with Crippen LogP contribution >= 0.6 is 0 Å². The molecule has 4 heteroatoms. The van der Waals surface area contributed by atoms with Crippen LogP contribution in [0.3, 0.4) is 0 Å². The van der Waals surface area contributed by atoms with E-state index in [0.717, 1.165) is 5.56 Å². The molecule has 0 fully saturated rings. The Hall–Kier alpha value is -2.80. The predicted octanol–water partition coefficient (Wildman–Crippen LogP) is 3.10. The van der Waals surface area contributed by atoms with Crippen LogP contribution in [0.1, 0.15) is 18.1 Å². The molecule has 0 saturated heterocycles. The predicted molar refractivity (Wildman–Crippen MR) is 76.2 cm³/mol. The van der Waals surface area contributed by atoms with Crippen molar-refractivity contribution >= 4 is 11.6 Å². The molecule has 0 aliphatic rings. The second kappa shape index (κ2) is 6.39. The number of benzene rings is 2. The van der Waals surface area contributed by atoms with E-state index in [1.807, 2.05) is 24.3 Å². The van der Waals surface area contributed by atoms with Gasteiger partial charge >= 0.3 is 0 Å². The standard InChI is InChI=1S/C16H14N2O2/c1-12(19)18-15-3-2-4-16(9-15)20-11-14-7-5-13(10-17)6-8-14/h2-9H,11H2,1H3,(H,18,19). The van der Waals surface area contributed by atoms with E-state index in [1.165, 1.54) is 6.92 Å². The van der Waals surface area contributed by atoms with E-state index in [1.54, 1.807) is 24.3 Å². The summed E-state index contributed by atoms with van der Waals surface area (Å²) in [7, 11) is 0. The number of carbonyl (C=O) groups is 1. The molecule has 2 rings (SSSR count).